The van der Waals surface area contributed by atoms with Gasteiger partial charge in [-0.25, -0.2) is 0 Å². The van der Waals surface area contributed by atoms with Gasteiger partial charge >= 0.3 is 0 Å². The second kappa shape index (κ2) is 5.43. The minimum Gasteiger partial charge on any atom is -0.508 e. The summed E-state index contributed by atoms with van der Waals surface area (Å²) in [6.07, 6.45) is 0. The van der Waals surface area contributed by atoms with E-state index in [4.69, 9.17) is 5.11 Å². The molecule has 0 amide bonds. The molecule has 1 rings (SSSR count). The summed E-state index contributed by atoms with van der Waals surface area (Å²) in [5.41, 5.74) is 0.382. The van der Waals surface area contributed by atoms with Crippen LogP contribution in [0, 0.1) is 10.1 Å². The molecule has 16 heavy (non-hydrogen) atoms. The highest BCUT2D eigenvalue weighted by Crippen LogP contribution is 2.27. The molecule has 0 aliphatic carbocycles. The molecule has 6 nitrogen and oxygen atoms in total. The van der Waals surface area contributed by atoms with Gasteiger partial charge in [0.1, 0.15) is 5.75 Å². The third-order valence-electron chi connectivity index (χ3n) is 2.25. The standard InChI is InChI=1S/C10H14N2O4/c1-7(11-4-5-13)9-6-8(12(15)16)2-3-10(9)14/h2-3,6-7,11,13-14H,4-5H2,1H3. The van der Waals surface area contributed by atoms with Gasteiger partial charge in [-0.1, -0.05) is 0 Å². The Balaban J connectivity index is 2.92. The minimum absolute atomic E-state index is 0.00328. The summed E-state index contributed by atoms with van der Waals surface area (Å²) < 4.78 is 0. The highest BCUT2D eigenvalue weighted by Gasteiger charge is 2.14. The molecule has 1 aromatic rings. The lowest BCUT2D eigenvalue weighted by atomic mass is 10.1. The average molecular weight is 226 g/mol. The maximum atomic E-state index is 10.6. The molecule has 0 radical (unpaired) electrons. The zero-order valence-electron chi connectivity index (χ0n) is 8.88. The van der Waals surface area contributed by atoms with Crippen LogP contribution in [0.4, 0.5) is 5.69 Å². The van der Waals surface area contributed by atoms with E-state index < -0.39 is 4.92 Å². The summed E-state index contributed by atoms with van der Waals surface area (Å²) >= 11 is 0. The molecule has 0 aliphatic rings. The molecular weight excluding hydrogens is 212 g/mol. The van der Waals surface area contributed by atoms with Crippen molar-refractivity contribution in [2.24, 2.45) is 0 Å². The van der Waals surface area contributed by atoms with Gasteiger partial charge in [0, 0.05) is 30.3 Å². The number of aromatic hydroxyl groups is 1. The fraction of sp³-hybridized carbons (Fsp3) is 0.400. The first kappa shape index (κ1) is 12.4. The van der Waals surface area contributed by atoms with E-state index >= 15 is 0 Å². The van der Waals surface area contributed by atoms with Gasteiger partial charge in [-0.3, -0.25) is 10.1 Å². The first-order valence-electron chi connectivity index (χ1n) is 4.87. The number of nitrogens with zero attached hydrogens (tertiary/aromatic N) is 1. The van der Waals surface area contributed by atoms with Crippen LogP contribution in [0.1, 0.15) is 18.5 Å². The van der Waals surface area contributed by atoms with Crippen molar-refractivity contribution < 1.29 is 15.1 Å². The van der Waals surface area contributed by atoms with Crippen LogP contribution < -0.4 is 5.32 Å². The van der Waals surface area contributed by atoms with Gasteiger partial charge in [0.25, 0.3) is 5.69 Å². The van der Waals surface area contributed by atoms with Crippen LogP contribution in [0.25, 0.3) is 0 Å². The highest BCUT2D eigenvalue weighted by atomic mass is 16.6. The Hall–Kier alpha value is -1.66. The maximum absolute atomic E-state index is 10.6. The molecule has 0 heterocycles. The number of non-ortho nitro benzene ring substituents is 1. The Morgan fingerprint density at radius 3 is 2.81 bits per heavy atom. The van der Waals surface area contributed by atoms with Crippen LogP contribution in [0.3, 0.4) is 0 Å². The van der Waals surface area contributed by atoms with E-state index in [2.05, 4.69) is 5.32 Å². The molecule has 3 N–H and O–H groups in total. The number of phenols is 1. The van der Waals surface area contributed by atoms with Gasteiger partial charge in [-0.05, 0) is 13.0 Å². The second-order valence-corrected chi connectivity index (χ2v) is 3.40. The maximum Gasteiger partial charge on any atom is 0.270 e. The van der Waals surface area contributed by atoms with Gasteiger partial charge in [0.2, 0.25) is 0 Å². The van der Waals surface area contributed by atoms with E-state index in [1.165, 1.54) is 18.2 Å². The zero-order valence-corrected chi connectivity index (χ0v) is 8.88. The van der Waals surface area contributed by atoms with Crippen molar-refractivity contribution in [2.45, 2.75) is 13.0 Å². The lowest BCUT2D eigenvalue weighted by Crippen LogP contribution is -2.22. The van der Waals surface area contributed by atoms with E-state index in [9.17, 15) is 15.2 Å². The van der Waals surface area contributed by atoms with Crippen molar-refractivity contribution in [3.05, 3.63) is 33.9 Å². The normalized spacial score (nSPS) is 12.4. The molecule has 1 unspecified atom stereocenters. The Labute approximate surface area is 92.7 Å². The predicted octanol–water partition coefficient (Wildman–Crippen LogP) is 0.943. The quantitative estimate of drug-likeness (QED) is 0.513. The summed E-state index contributed by atoms with van der Waals surface area (Å²) in [6, 6.07) is 3.61. The number of aliphatic hydroxyl groups excluding tert-OH is 1. The van der Waals surface area contributed by atoms with Gasteiger partial charge in [-0.15, -0.1) is 0 Å². The first-order valence-corrected chi connectivity index (χ1v) is 4.87. The van der Waals surface area contributed by atoms with E-state index in [1.807, 2.05) is 0 Å². The van der Waals surface area contributed by atoms with Crippen LogP contribution in [-0.4, -0.2) is 28.3 Å². The lowest BCUT2D eigenvalue weighted by molar-refractivity contribution is -0.385. The first-order chi connectivity index (χ1) is 7.56. The zero-order chi connectivity index (χ0) is 12.1. The number of hydrogen-bond donors (Lipinski definition) is 3. The van der Waals surface area contributed by atoms with E-state index in [1.54, 1.807) is 6.92 Å². The molecule has 6 heteroatoms. The van der Waals surface area contributed by atoms with Crippen LogP contribution in [0.15, 0.2) is 18.2 Å². The summed E-state index contributed by atoms with van der Waals surface area (Å²) in [6.45, 7) is 2.10. The Morgan fingerprint density at radius 1 is 1.56 bits per heavy atom. The number of rotatable bonds is 5. The number of phenolic OH excluding ortho intramolecular Hbond substituents is 1. The third kappa shape index (κ3) is 2.91. The average Bonchev–Trinajstić information content (AvgIpc) is 2.26. The minimum atomic E-state index is -0.512. The van der Waals surface area contributed by atoms with Crippen molar-refractivity contribution >= 4 is 5.69 Å². The summed E-state index contributed by atoms with van der Waals surface area (Å²) in [5, 5.41) is 31.7. The molecular formula is C10H14N2O4. The predicted molar refractivity (Wildman–Crippen MR) is 58.3 cm³/mol. The molecule has 1 atom stereocenters. The molecule has 0 saturated heterocycles. The fourth-order valence-electron chi connectivity index (χ4n) is 1.39. The number of nitro groups is 1. The van der Waals surface area contributed by atoms with Gasteiger partial charge in [-0.2, -0.15) is 0 Å². The fourth-order valence-corrected chi connectivity index (χ4v) is 1.39. The number of hydrogen-bond acceptors (Lipinski definition) is 5. The van der Waals surface area contributed by atoms with Crippen molar-refractivity contribution in [3.8, 4) is 5.75 Å². The summed E-state index contributed by atoms with van der Waals surface area (Å²) in [7, 11) is 0. The van der Waals surface area contributed by atoms with Crippen molar-refractivity contribution in [1.29, 1.82) is 0 Å². The van der Waals surface area contributed by atoms with Crippen LogP contribution >= 0.6 is 0 Å². The van der Waals surface area contributed by atoms with Crippen LogP contribution in [0.5, 0.6) is 5.75 Å². The van der Waals surface area contributed by atoms with Gasteiger partial charge < -0.3 is 15.5 Å². The molecule has 0 aromatic heterocycles. The number of aliphatic hydroxyl groups is 1. The SMILES string of the molecule is CC(NCCO)c1cc([N+](=O)[O-])ccc1O. The van der Waals surface area contributed by atoms with E-state index in [0.29, 0.717) is 12.1 Å². The van der Waals surface area contributed by atoms with Crippen molar-refractivity contribution in [2.75, 3.05) is 13.2 Å². The van der Waals surface area contributed by atoms with Crippen molar-refractivity contribution in [1.82, 2.24) is 5.32 Å². The number of benzene rings is 1. The summed E-state index contributed by atoms with van der Waals surface area (Å²) in [5.74, 6) is 0.00328. The molecule has 0 spiro atoms. The highest BCUT2D eigenvalue weighted by molar-refractivity contribution is 5.44. The van der Waals surface area contributed by atoms with Crippen molar-refractivity contribution in [3.63, 3.8) is 0 Å². The number of nitro benzene ring substituents is 1. The topological polar surface area (TPSA) is 95.6 Å². The molecule has 0 saturated carbocycles. The van der Waals surface area contributed by atoms with Gasteiger partial charge in [0.05, 0.1) is 11.5 Å². The van der Waals surface area contributed by atoms with Crippen LogP contribution in [-0.2, 0) is 0 Å². The molecule has 0 aliphatic heterocycles. The van der Waals surface area contributed by atoms with Gasteiger partial charge in [0.15, 0.2) is 0 Å². The second-order valence-electron chi connectivity index (χ2n) is 3.40. The molecule has 88 valence electrons. The smallest absolute Gasteiger partial charge is 0.270 e. The Morgan fingerprint density at radius 2 is 2.25 bits per heavy atom. The Bertz CT molecular complexity index is 381. The van der Waals surface area contributed by atoms with E-state index in [0.717, 1.165) is 0 Å². The summed E-state index contributed by atoms with van der Waals surface area (Å²) in [4.78, 5) is 10.1. The molecule has 1 aromatic carbocycles. The van der Waals surface area contributed by atoms with E-state index in [-0.39, 0.29) is 24.1 Å². The van der Waals surface area contributed by atoms with Crippen LogP contribution in [0.2, 0.25) is 0 Å². The third-order valence-corrected chi connectivity index (χ3v) is 2.25. The lowest BCUT2D eigenvalue weighted by Gasteiger charge is -2.14. The number of nitrogens with one attached hydrogen (secondary N) is 1. The largest absolute Gasteiger partial charge is 0.508 e. The molecule has 0 fully saturated rings. The molecule has 0 bridgehead atoms. The Kier molecular flexibility index (Phi) is 4.21. The monoisotopic (exact) mass is 226 g/mol.